The number of allylic oxidation sites excluding steroid dienone is 3. The van der Waals surface area contributed by atoms with E-state index in [9.17, 15) is 19.8 Å². The molecule has 54 heavy (non-hydrogen) atoms. The zero-order valence-electron chi connectivity index (χ0n) is 36.0. The van der Waals surface area contributed by atoms with E-state index in [2.05, 4.69) is 31.3 Å². The minimum atomic E-state index is -0.858. The predicted molar refractivity (Wildman–Crippen MR) is 232 cm³/mol. The highest BCUT2D eigenvalue weighted by Gasteiger charge is 2.18. The molecule has 0 spiro atoms. The van der Waals surface area contributed by atoms with Gasteiger partial charge in [0.05, 0.1) is 25.4 Å². The van der Waals surface area contributed by atoms with Crippen LogP contribution in [0.5, 0.6) is 0 Å². The van der Waals surface area contributed by atoms with E-state index in [-0.39, 0.29) is 18.5 Å². The monoisotopic (exact) mass is 762 g/mol. The molecule has 0 saturated heterocycles. The molecule has 0 aliphatic carbocycles. The molecule has 318 valence electrons. The molecule has 6 heteroatoms. The number of ether oxygens (including phenoxy) is 1. The maximum absolute atomic E-state index is 12.4. The maximum atomic E-state index is 12.4. The first-order valence-corrected chi connectivity index (χ1v) is 23.6. The Kier molecular flexibility index (Phi) is 42.7. The second-order valence-corrected chi connectivity index (χ2v) is 16.1. The lowest BCUT2D eigenvalue weighted by atomic mass is 10.0. The Morgan fingerprint density at radius 1 is 0.500 bits per heavy atom. The van der Waals surface area contributed by atoms with Crippen LogP contribution < -0.4 is 5.32 Å². The number of carbonyl (C=O) groups excluding carboxylic acids is 2. The second-order valence-electron chi connectivity index (χ2n) is 16.1. The van der Waals surface area contributed by atoms with Gasteiger partial charge in [-0.15, -0.1) is 0 Å². The zero-order chi connectivity index (χ0) is 39.4. The van der Waals surface area contributed by atoms with Gasteiger partial charge in [0.1, 0.15) is 0 Å². The number of nitrogens with one attached hydrogen (secondary N) is 1. The number of aliphatic hydroxyl groups excluding tert-OH is 2. The average Bonchev–Trinajstić information content (AvgIpc) is 3.17. The van der Waals surface area contributed by atoms with Gasteiger partial charge in [-0.2, -0.15) is 0 Å². The molecule has 0 aliphatic rings. The van der Waals surface area contributed by atoms with E-state index in [1.54, 1.807) is 6.08 Å². The first kappa shape index (κ1) is 52.3. The van der Waals surface area contributed by atoms with Crippen molar-refractivity contribution < 1.29 is 24.5 Å². The molecule has 6 nitrogen and oxygen atoms in total. The molecule has 0 aromatic rings. The fraction of sp³-hybridized carbons (Fsp3) is 0.875. The van der Waals surface area contributed by atoms with E-state index in [0.717, 1.165) is 57.8 Å². The topological polar surface area (TPSA) is 95.9 Å². The molecule has 1 amide bonds. The summed E-state index contributed by atoms with van der Waals surface area (Å²) >= 11 is 0. The molecule has 0 aliphatic heterocycles. The van der Waals surface area contributed by atoms with Gasteiger partial charge in [0.25, 0.3) is 0 Å². The molecule has 0 bridgehead atoms. The Morgan fingerprint density at radius 3 is 1.31 bits per heavy atom. The molecule has 0 radical (unpaired) electrons. The minimum Gasteiger partial charge on any atom is -0.466 e. The Bertz CT molecular complexity index is 843. The van der Waals surface area contributed by atoms with Crippen LogP contribution in [-0.4, -0.2) is 47.4 Å². The molecule has 3 N–H and O–H groups in total. The summed E-state index contributed by atoms with van der Waals surface area (Å²) in [7, 11) is 0. The maximum Gasteiger partial charge on any atom is 0.305 e. The van der Waals surface area contributed by atoms with Gasteiger partial charge in [-0.3, -0.25) is 9.59 Å². The quantitative estimate of drug-likeness (QED) is 0.0327. The highest BCUT2D eigenvalue weighted by Crippen LogP contribution is 2.14. The van der Waals surface area contributed by atoms with Gasteiger partial charge < -0.3 is 20.3 Å². The highest BCUT2D eigenvalue weighted by atomic mass is 16.5. The summed E-state index contributed by atoms with van der Waals surface area (Å²) in [4.78, 5) is 24.4. The van der Waals surface area contributed by atoms with Crippen molar-refractivity contribution in [3.8, 4) is 0 Å². The summed E-state index contributed by atoms with van der Waals surface area (Å²) in [5.74, 6) is -0.122. The number of esters is 1. The predicted octanol–water partition coefficient (Wildman–Crippen LogP) is 13.6. The molecule has 0 aromatic heterocycles. The lowest BCUT2D eigenvalue weighted by Crippen LogP contribution is -2.45. The van der Waals surface area contributed by atoms with Crippen LogP contribution in [0, 0.1) is 0 Å². The lowest BCUT2D eigenvalue weighted by molar-refractivity contribution is -0.143. The van der Waals surface area contributed by atoms with Crippen molar-refractivity contribution in [1.82, 2.24) is 5.32 Å². The third-order valence-electron chi connectivity index (χ3n) is 10.7. The summed E-state index contributed by atoms with van der Waals surface area (Å²) in [6, 6.07) is -0.643. The highest BCUT2D eigenvalue weighted by molar-refractivity contribution is 5.76. The summed E-state index contributed by atoms with van der Waals surface area (Å²) < 4.78 is 5.44. The number of aliphatic hydroxyl groups is 2. The lowest BCUT2D eigenvalue weighted by Gasteiger charge is -2.20. The van der Waals surface area contributed by atoms with Crippen molar-refractivity contribution in [3.63, 3.8) is 0 Å². The second kappa shape index (κ2) is 44.1. The third-order valence-corrected chi connectivity index (χ3v) is 10.7. The van der Waals surface area contributed by atoms with Crippen LogP contribution in [0.25, 0.3) is 0 Å². The van der Waals surface area contributed by atoms with Gasteiger partial charge in [0, 0.05) is 12.8 Å². The van der Waals surface area contributed by atoms with E-state index >= 15 is 0 Å². The van der Waals surface area contributed by atoms with Gasteiger partial charge >= 0.3 is 5.97 Å². The number of hydrogen-bond acceptors (Lipinski definition) is 5. The van der Waals surface area contributed by atoms with Crippen LogP contribution >= 0.6 is 0 Å². The molecule has 2 unspecified atom stereocenters. The number of hydrogen-bond donors (Lipinski definition) is 3. The van der Waals surface area contributed by atoms with Crippen molar-refractivity contribution in [1.29, 1.82) is 0 Å². The van der Waals surface area contributed by atoms with Gasteiger partial charge in [-0.05, 0) is 57.8 Å². The Morgan fingerprint density at radius 2 is 0.870 bits per heavy atom. The van der Waals surface area contributed by atoms with Gasteiger partial charge in [-0.1, -0.05) is 199 Å². The van der Waals surface area contributed by atoms with Crippen molar-refractivity contribution in [2.45, 2.75) is 257 Å². The number of rotatable bonds is 43. The van der Waals surface area contributed by atoms with E-state index in [1.165, 1.54) is 161 Å². The van der Waals surface area contributed by atoms with Crippen LogP contribution in [0.4, 0.5) is 0 Å². The van der Waals surface area contributed by atoms with Crippen molar-refractivity contribution >= 4 is 11.9 Å². The molecule has 0 rings (SSSR count). The average molecular weight is 762 g/mol. The zero-order valence-corrected chi connectivity index (χ0v) is 36.0. The summed E-state index contributed by atoms with van der Waals surface area (Å²) in [5.41, 5.74) is 0. The van der Waals surface area contributed by atoms with Crippen molar-refractivity contribution in [3.05, 3.63) is 24.3 Å². The van der Waals surface area contributed by atoms with Crippen LogP contribution in [0.3, 0.4) is 0 Å². The van der Waals surface area contributed by atoms with Crippen molar-refractivity contribution in [2.24, 2.45) is 0 Å². The summed E-state index contributed by atoms with van der Waals surface area (Å²) in [5, 5.41) is 23.0. The molecule has 2 atom stereocenters. The fourth-order valence-corrected chi connectivity index (χ4v) is 7.04. The van der Waals surface area contributed by atoms with Crippen molar-refractivity contribution in [2.75, 3.05) is 13.2 Å². The van der Waals surface area contributed by atoms with Crippen LogP contribution in [0.15, 0.2) is 24.3 Å². The Labute approximate surface area is 335 Å². The first-order valence-electron chi connectivity index (χ1n) is 23.6. The summed E-state index contributed by atoms with van der Waals surface area (Å²) in [6.07, 6.45) is 50.2. The van der Waals surface area contributed by atoms with E-state index in [1.807, 2.05) is 6.08 Å². The van der Waals surface area contributed by atoms with E-state index in [0.29, 0.717) is 19.4 Å². The fourth-order valence-electron chi connectivity index (χ4n) is 7.04. The molecular formula is C48H91NO5. The van der Waals surface area contributed by atoms with Gasteiger partial charge in [0.15, 0.2) is 0 Å². The smallest absolute Gasteiger partial charge is 0.305 e. The largest absolute Gasteiger partial charge is 0.466 e. The number of amides is 1. The van der Waals surface area contributed by atoms with E-state index in [4.69, 9.17) is 4.74 Å². The molecule has 0 heterocycles. The van der Waals surface area contributed by atoms with Gasteiger partial charge in [0.2, 0.25) is 5.91 Å². The van der Waals surface area contributed by atoms with Crippen LogP contribution in [0.2, 0.25) is 0 Å². The van der Waals surface area contributed by atoms with E-state index < -0.39 is 12.1 Å². The standard InChI is InChI=1S/C48H91NO5/c1-3-5-7-9-11-13-15-17-19-21-26-30-34-38-42-48(53)54-43-39-35-31-27-23-22-25-29-33-37-41-47(52)49-45(44-50)46(51)40-36-32-28-24-20-18-16-14-12-10-8-6-4-2/h15,17,36,40,45-46,50-51H,3-14,16,18-35,37-39,41-44H2,1-2H3,(H,49,52)/b17-15-,40-36+. The van der Waals surface area contributed by atoms with Crippen LogP contribution in [-0.2, 0) is 14.3 Å². The molecule has 0 fully saturated rings. The SMILES string of the molecule is CCCCCCC/C=C\CCCCCCCC(=O)OCCCCCCCCCCCCC(=O)NC(CO)C(O)/C=C/CCCCCCCCCCCCC. The molecule has 0 saturated carbocycles. The Balaban J connectivity index is 3.53. The summed E-state index contributed by atoms with van der Waals surface area (Å²) in [6.45, 7) is 4.82. The minimum absolute atomic E-state index is 0.0301. The molecular weight excluding hydrogens is 671 g/mol. The number of unbranched alkanes of at least 4 members (excludes halogenated alkanes) is 30. The van der Waals surface area contributed by atoms with Gasteiger partial charge in [-0.25, -0.2) is 0 Å². The Hall–Kier alpha value is -1.66. The molecule has 0 aromatic carbocycles. The normalized spacial score (nSPS) is 12.9. The first-order chi connectivity index (χ1) is 26.5. The third kappa shape index (κ3) is 40.0. The van der Waals surface area contributed by atoms with Crippen LogP contribution in [0.1, 0.15) is 245 Å². The number of carbonyl (C=O) groups is 2.